The number of carbonyl (C=O) groups is 1. The number of likely N-dealkylation sites (tertiary alicyclic amines) is 1. The molecule has 0 spiro atoms. The molecular formula is C12H24N2O2. The molecule has 4 heteroatoms. The summed E-state index contributed by atoms with van der Waals surface area (Å²) in [4.78, 5) is 13.9. The number of methoxy groups -OCH3 is 1. The zero-order valence-electron chi connectivity index (χ0n) is 10.8. The number of rotatable bonds is 3. The number of carbonyl (C=O) groups excluding carboxylic acids is 1. The van der Waals surface area contributed by atoms with E-state index in [0.29, 0.717) is 6.54 Å². The fraction of sp³-hybridized carbons (Fsp3) is 0.917. The maximum Gasteiger partial charge on any atom is 0.239 e. The molecule has 0 aromatic carbocycles. The highest BCUT2D eigenvalue weighted by Gasteiger charge is 2.35. The molecule has 94 valence electrons. The Morgan fingerprint density at radius 3 is 2.62 bits per heavy atom. The third-order valence-electron chi connectivity index (χ3n) is 3.47. The molecule has 0 bridgehead atoms. The van der Waals surface area contributed by atoms with Crippen molar-refractivity contribution >= 4 is 5.91 Å². The standard InChI is InChI=1S/C12H24N2O2/c1-9(2)10(13)11(15)14-7-5-6-12(3,8-14)16-4/h9-10H,5-8,13H2,1-4H3. The minimum atomic E-state index is -0.390. The van der Waals surface area contributed by atoms with Crippen LogP contribution < -0.4 is 5.73 Å². The topological polar surface area (TPSA) is 55.6 Å². The molecule has 2 atom stereocenters. The molecule has 0 radical (unpaired) electrons. The number of ether oxygens (including phenoxy) is 1. The fourth-order valence-corrected chi connectivity index (χ4v) is 2.06. The first-order chi connectivity index (χ1) is 7.39. The lowest BCUT2D eigenvalue weighted by Crippen LogP contribution is -2.54. The second-order valence-electron chi connectivity index (χ2n) is 5.29. The highest BCUT2D eigenvalue weighted by Crippen LogP contribution is 2.24. The summed E-state index contributed by atoms with van der Waals surface area (Å²) < 4.78 is 5.46. The van der Waals surface area contributed by atoms with Crippen molar-refractivity contribution in [1.29, 1.82) is 0 Å². The van der Waals surface area contributed by atoms with E-state index in [1.54, 1.807) is 7.11 Å². The van der Waals surface area contributed by atoms with Crippen LogP contribution in [0.5, 0.6) is 0 Å². The minimum absolute atomic E-state index is 0.0537. The van der Waals surface area contributed by atoms with Gasteiger partial charge in [0, 0.05) is 20.2 Å². The van der Waals surface area contributed by atoms with E-state index in [0.717, 1.165) is 19.4 Å². The Morgan fingerprint density at radius 2 is 2.12 bits per heavy atom. The van der Waals surface area contributed by atoms with Crippen molar-refractivity contribution in [1.82, 2.24) is 4.90 Å². The number of amides is 1. The summed E-state index contributed by atoms with van der Waals surface area (Å²) in [5, 5.41) is 0. The van der Waals surface area contributed by atoms with E-state index < -0.39 is 0 Å². The molecule has 1 aliphatic heterocycles. The molecule has 1 fully saturated rings. The number of hydrogen-bond donors (Lipinski definition) is 1. The van der Waals surface area contributed by atoms with Gasteiger partial charge in [0.1, 0.15) is 0 Å². The van der Waals surface area contributed by atoms with E-state index in [9.17, 15) is 4.79 Å². The van der Waals surface area contributed by atoms with Gasteiger partial charge in [0.2, 0.25) is 5.91 Å². The fourth-order valence-electron chi connectivity index (χ4n) is 2.06. The molecule has 4 nitrogen and oxygen atoms in total. The summed E-state index contributed by atoms with van der Waals surface area (Å²) in [6.07, 6.45) is 1.99. The van der Waals surface area contributed by atoms with E-state index >= 15 is 0 Å². The Bertz CT molecular complexity index is 255. The van der Waals surface area contributed by atoms with Crippen LogP contribution in [0.1, 0.15) is 33.6 Å². The zero-order valence-corrected chi connectivity index (χ0v) is 10.8. The third kappa shape index (κ3) is 2.95. The van der Waals surface area contributed by atoms with E-state index in [1.165, 1.54) is 0 Å². The van der Waals surface area contributed by atoms with Crippen LogP contribution in [0, 0.1) is 5.92 Å². The van der Waals surface area contributed by atoms with Crippen molar-refractivity contribution in [2.75, 3.05) is 20.2 Å². The Kier molecular flexibility index (Phi) is 4.33. The van der Waals surface area contributed by atoms with Crippen LogP contribution in [0.15, 0.2) is 0 Å². The molecular weight excluding hydrogens is 204 g/mol. The molecule has 1 heterocycles. The van der Waals surface area contributed by atoms with Gasteiger partial charge in [0.25, 0.3) is 0 Å². The van der Waals surface area contributed by atoms with Crippen molar-refractivity contribution < 1.29 is 9.53 Å². The van der Waals surface area contributed by atoms with E-state index in [1.807, 2.05) is 25.7 Å². The summed E-state index contributed by atoms with van der Waals surface area (Å²) >= 11 is 0. The molecule has 0 aliphatic carbocycles. The normalized spacial score (nSPS) is 28.2. The van der Waals surface area contributed by atoms with E-state index in [2.05, 4.69) is 0 Å². The summed E-state index contributed by atoms with van der Waals surface area (Å²) in [5.41, 5.74) is 5.69. The zero-order chi connectivity index (χ0) is 12.3. The van der Waals surface area contributed by atoms with Gasteiger partial charge < -0.3 is 15.4 Å². The molecule has 1 rings (SSSR count). The van der Waals surface area contributed by atoms with Crippen LogP contribution >= 0.6 is 0 Å². The van der Waals surface area contributed by atoms with Crippen molar-refractivity contribution in [3.05, 3.63) is 0 Å². The number of nitrogens with zero attached hydrogens (tertiary/aromatic N) is 1. The summed E-state index contributed by atoms with van der Waals surface area (Å²) in [5.74, 6) is 0.237. The second kappa shape index (κ2) is 5.15. The van der Waals surface area contributed by atoms with E-state index in [4.69, 9.17) is 10.5 Å². The third-order valence-corrected chi connectivity index (χ3v) is 3.47. The molecule has 0 aromatic rings. The van der Waals surface area contributed by atoms with Gasteiger partial charge in [-0.1, -0.05) is 13.8 Å². The number of hydrogen-bond acceptors (Lipinski definition) is 3. The minimum Gasteiger partial charge on any atom is -0.377 e. The Balaban J connectivity index is 2.64. The molecule has 2 unspecified atom stereocenters. The first-order valence-corrected chi connectivity index (χ1v) is 5.99. The van der Waals surface area contributed by atoms with Gasteiger partial charge >= 0.3 is 0 Å². The van der Waals surface area contributed by atoms with Crippen LogP contribution in [0.2, 0.25) is 0 Å². The Labute approximate surface area is 98.1 Å². The van der Waals surface area contributed by atoms with Gasteiger partial charge in [-0.3, -0.25) is 4.79 Å². The number of nitrogens with two attached hydrogens (primary N) is 1. The summed E-state index contributed by atoms with van der Waals surface area (Å²) in [7, 11) is 1.70. The molecule has 16 heavy (non-hydrogen) atoms. The molecule has 1 aliphatic rings. The van der Waals surface area contributed by atoms with Crippen LogP contribution in [-0.4, -0.2) is 42.6 Å². The predicted molar refractivity (Wildman–Crippen MR) is 64.0 cm³/mol. The Morgan fingerprint density at radius 1 is 1.50 bits per heavy atom. The smallest absolute Gasteiger partial charge is 0.239 e. The molecule has 0 saturated carbocycles. The maximum atomic E-state index is 12.1. The van der Waals surface area contributed by atoms with Crippen molar-refractivity contribution in [3.8, 4) is 0 Å². The van der Waals surface area contributed by atoms with Crippen molar-refractivity contribution in [2.45, 2.75) is 45.3 Å². The van der Waals surface area contributed by atoms with E-state index in [-0.39, 0.29) is 23.5 Å². The summed E-state index contributed by atoms with van der Waals surface area (Å²) in [6.45, 7) is 7.46. The van der Waals surface area contributed by atoms with Gasteiger partial charge in [-0.2, -0.15) is 0 Å². The largest absolute Gasteiger partial charge is 0.377 e. The van der Waals surface area contributed by atoms with Crippen LogP contribution in [-0.2, 0) is 9.53 Å². The Hall–Kier alpha value is -0.610. The van der Waals surface area contributed by atoms with Crippen molar-refractivity contribution in [3.63, 3.8) is 0 Å². The van der Waals surface area contributed by atoms with Gasteiger partial charge in [-0.05, 0) is 25.7 Å². The quantitative estimate of drug-likeness (QED) is 0.784. The lowest BCUT2D eigenvalue weighted by molar-refractivity contribution is -0.141. The number of piperidine rings is 1. The van der Waals surface area contributed by atoms with Gasteiger partial charge in [-0.15, -0.1) is 0 Å². The van der Waals surface area contributed by atoms with Crippen LogP contribution in [0.4, 0.5) is 0 Å². The first kappa shape index (κ1) is 13.5. The van der Waals surface area contributed by atoms with Gasteiger partial charge in [0.15, 0.2) is 0 Å². The van der Waals surface area contributed by atoms with Gasteiger partial charge in [-0.25, -0.2) is 0 Å². The monoisotopic (exact) mass is 228 g/mol. The molecule has 1 amide bonds. The average molecular weight is 228 g/mol. The lowest BCUT2D eigenvalue weighted by Gasteiger charge is -2.40. The highest BCUT2D eigenvalue weighted by atomic mass is 16.5. The van der Waals surface area contributed by atoms with Crippen LogP contribution in [0.25, 0.3) is 0 Å². The summed E-state index contributed by atoms with van der Waals surface area (Å²) in [6, 6.07) is -0.390. The van der Waals surface area contributed by atoms with Crippen LogP contribution in [0.3, 0.4) is 0 Å². The van der Waals surface area contributed by atoms with Crippen molar-refractivity contribution in [2.24, 2.45) is 11.7 Å². The second-order valence-corrected chi connectivity index (χ2v) is 5.29. The lowest BCUT2D eigenvalue weighted by atomic mass is 9.93. The highest BCUT2D eigenvalue weighted by molar-refractivity contribution is 5.82. The SMILES string of the molecule is COC1(C)CCCN(C(=O)C(N)C(C)C)C1. The molecule has 1 saturated heterocycles. The first-order valence-electron chi connectivity index (χ1n) is 5.99. The van der Waals surface area contributed by atoms with Gasteiger partial charge in [0.05, 0.1) is 11.6 Å². The average Bonchev–Trinajstić information content (AvgIpc) is 2.27. The molecule has 0 aromatic heterocycles. The maximum absolute atomic E-state index is 12.1. The molecule has 2 N–H and O–H groups in total. The predicted octanol–water partition coefficient (Wildman–Crippen LogP) is 0.997.